The molecule has 37 heteroatoms. The monoisotopic (exact) mass is 1630 g/mol. The summed E-state index contributed by atoms with van der Waals surface area (Å²) in [4.78, 5) is 83.1. The third-order valence-corrected chi connectivity index (χ3v) is 18.3. The maximum absolute atomic E-state index is 16.7. The van der Waals surface area contributed by atoms with E-state index < -0.39 is 183 Å². The van der Waals surface area contributed by atoms with E-state index in [0.717, 1.165) is 89.3 Å². The van der Waals surface area contributed by atoms with Crippen LogP contribution in [-0.4, -0.2) is 116 Å². The summed E-state index contributed by atoms with van der Waals surface area (Å²) in [5.74, 6) is -10.5. The number of hydrogen-bond acceptors (Lipinski definition) is 10. The molecule has 2 unspecified atom stereocenters. The Hall–Kier alpha value is -7.46. The molecule has 8 rings (SSSR count). The van der Waals surface area contributed by atoms with Crippen molar-refractivity contribution < 1.29 is 138 Å². The van der Waals surface area contributed by atoms with Crippen molar-refractivity contribution >= 4 is 50.7 Å². The molecule has 4 atom stereocenters. The third-order valence-electron chi connectivity index (χ3n) is 18.3. The minimum Gasteiger partial charge on any atom is -0.870 e. The van der Waals surface area contributed by atoms with Crippen LogP contribution in [0.25, 0.3) is 22.3 Å². The van der Waals surface area contributed by atoms with Gasteiger partial charge in [-0.2, -0.15) is 79.7 Å². The van der Waals surface area contributed by atoms with Gasteiger partial charge in [0, 0.05) is 72.7 Å². The van der Waals surface area contributed by atoms with Crippen molar-refractivity contribution in [1.29, 1.82) is 0 Å². The van der Waals surface area contributed by atoms with Gasteiger partial charge in [-0.1, -0.05) is 0 Å². The number of likely N-dealkylation sites (tertiary alicyclic amines) is 2. The molecule has 4 heterocycles. The summed E-state index contributed by atoms with van der Waals surface area (Å²) in [6.45, 7) is 16.1. The van der Waals surface area contributed by atoms with Crippen LogP contribution in [0, 0.1) is 64.8 Å². The van der Waals surface area contributed by atoms with Crippen molar-refractivity contribution in [3.8, 4) is 22.3 Å². The Morgan fingerprint density at radius 1 is 0.495 bits per heavy atom. The molecule has 2 aromatic heterocycles. The van der Waals surface area contributed by atoms with Gasteiger partial charge >= 0.3 is 55.5 Å². The molecule has 0 bridgehead atoms. The Balaban J connectivity index is 0.000000721. The minimum absolute atomic E-state index is 0. The molecule has 2 saturated heterocycles. The van der Waals surface area contributed by atoms with Crippen molar-refractivity contribution in [2.75, 3.05) is 45.9 Å². The molecule has 2 fully saturated rings. The number of carboxylic acids is 1. The smallest absolute Gasteiger partial charge is 0.870 e. The number of alkyl halides is 14. The molecule has 0 spiro atoms. The van der Waals surface area contributed by atoms with E-state index >= 15 is 26.3 Å². The van der Waals surface area contributed by atoms with Crippen molar-refractivity contribution in [3.63, 3.8) is 0 Å². The summed E-state index contributed by atoms with van der Waals surface area (Å²) < 4.78 is 267. The van der Waals surface area contributed by atoms with E-state index in [2.05, 4.69) is 10.6 Å². The minimum atomic E-state index is -4.95. The van der Waals surface area contributed by atoms with E-state index in [9.17, 15) is 86.6 Å². The fourth-order valence-electron chi connectivity index (χ4n) is 13.1. The van der Waals surface area contributed by atoms with E-state index in [4.69, 9.17) is 4.74 Å². The maximum atomic E-state index is 16.7. The van der Waals surface area contributed by atoms with Crippen LogP contribution in [-0.2, 0) is 61.5 Å². The van der Waals surface area contributed by atoms with Crippen molar-refractivity contribution in [2.45, 2.75) is 188 Å². The SMILES string of the molecule is CCOC(=O)C[C@H](NC(=O)C(CC(C)(C)F)n1cc(CCN2CCC2)c(C(F)(F)F)cc1=O)c1c(F)c(C)cc(-c2c(C)cc(C(F)(F)F)cc2C)c1F.Cc1cc(-c2c(C)cc(C(F)(F)F)cc2C)c(F)c([C@H](CC(=O)O)NC(=O)C(CC(C)(C)F)n2cc(CCN3CCC3)c(C(F)(F)F)cc2=O)c1F.O.S.S.[Li+].[OH-]. The number of ether oxygens (including phenoxy) is 1. The van der Waals surface area contributed by atoms with Gasteiger partial charge in [-0.05, 0) is 220 Å². The van der Waals surface area contributed by atoms with Gasteiger partial charge in [0.15, 0.2) is 0 Å². The third kappa shape index (κ3) is 25.0. The van der Waals surface area contributed by atoms with E-state index in [0.29, 0.717) is 41.4 Å². The molecule has 612 valence electrons. The van der Waals surface area contributed by atoms with Gasteiger partial charge in [-0.3, -0.25) is 28.8 Å². The summed E-state index contributed by atoms with van der Waals surface area (Å²) in [6, 6.07) is -1.91. The topological polar surface area (TPSA) is 234 Å². The zero-order chi connectivity index (χ0) is 79.6. The number of amides is 2. The average Bonchev–Trinajstić information content (AvgIpc) is 0.769. The molecule has 2 amide bonds. The number of benzene rings is 4. The summed E-state index contributed by atoms with van der Waals surface area (Å²) in [5, 5.41) is 14.2. The Labute approximate surface area is 653 Å². The summed E-state index contributed by atoms with van der Waals surface area (Å²) in [6.07, 6.45) is -20.0. The van der Waals surface area contributed by atoms with Crippen molar-refractivity contribution in [2.24, 2.45) is 0 Å². The van der Waals surface area contributed by atoms with Gasteiger partial charge < -0.3 is 50.4 Å². The van der Waals surface area contributed by atoms with Crippen molar-refractivity contribution in [3.05, 3.63) is 183 Å². The molecule has 6 aromatic rings. The number of nitrogens with one attached hydrogen (secondary N) is 2. The summed E-state index contributed by atoms with van der Waals surface area (Å²) >= 11 is 0. The van der Waals surface area contributed by atoms with Gasteiger partial charge in [0.25, 0.3) is 11.1 Å². The zero-order valence-electron chi connectivity index (χ0n) is 62.5. The molecular weight excluding hydrogens is 1550 g/mol. The molecule has 4 aromatic carbocycles. The number of carboxylic acid groups (broad SMARTS) is 1. The molecule has 111 heavy (non-hydrogen) atoms. The van der Waals surface area contributed by atoms with Crippen LogP contribution in [0.15, 0.2) is 70.5 Å². The van der Waals surface area contributed by atoms with Crippen LogP contribution in [0.5, 0.6) is 0 Å². The molecule has 0 radical (unpaired) electrons. The second kappa shape index (κ2) is 39.0. The number of aryl methyl sites for hydroxylation is 6. The summed E-state index contributed by atoms with van der Waals surface area (Å²) in [7, 11) is 0. The quantitative estimate of drug-likeness (QED) is 0.0277. The second-order valence-electron chi connectivity index (χ2n) is 27.9. The molecule has 16 nitrogen and oxygen atoms in total. The number of aromatic nitrogens is 2. The van der Waals surface area contributed by atoms with Gasteiger partial charge in [0.2, 0.25) is 11.8 Å². The van der Waals surface area contributed by atoms with Crippen LogP contribution in [0.1, 0.15) is 175 Å². The van der Waals surface area contributed by atoms with Crippen LogP contribution in [0.2, 0.25) is 0 Å². The molecule has 2 aliphatic rings. The largest absolute Gasteiger partial charge is 1.00 e. The van der Waals surface area contributed by atoms with Crippen LogP contribution in [0.3, 0.4) is 0 Å². The second-order valence-corrected chi connectivity index (χ2v) is 27.9. The first kappa shape index (κ1) is 99.6. The van der Waals surface area contributed by atoms with Crippen LogP contribution < -0.4 is 40.6 Å². The first-order valence-corrected chi connectivity index (χ1v) is 33.6. The predicted molar refractivity (Wildman–Crippen MR) is 382 cm³/mol. The Bertz CT molecular complexity index is 4390. The standard InChI is InChI=1S/C38H42F9N3O4.C36H38F9N3O4.Li.2H2O.2H2S/c1-7-54-30(52)17-27(32-33(39)22(4)15-25(34(32)40)31-20(2)13-24(14-21(31)3)37(42,43)44)48-35(53)28(18-36(5,6)41)50-19-23(9-12-49-10-8-11-49)26(16-29(50)51)38(45,46)47;1-18-11-22(35(40,41)42)12-19(2)29(18)23-13-20(3)31(37)30(32(23)38)25(15-28(50)51)46-33(52)26(16-34(4,5)39)48-17-21(7-10-47-8-6-9-47)24(14-27(48)49)36(43,44)45;;;;;/h13-16,19,27-28H,7-12,17-18H2,1-6H3,(H,48,53);11-14,17,25-26H,6-10,15-16H2,1-5H3,(H,46,52)(H,50,51);;4*1H2/q;;+1;;;;/p-1/t27-,28?;25-,26?;;;;;/m00...../s1. The van der Waals surface area contributed by atoms with Gasteiger partial charge in [0.05, 0.1) is 53.8 Å². The molecular formula is C74H87F18LiN6O10S2. The number of carbonyl (C=O) groups excluding carboxylic acids is 3. The molecule has 0 aliphatic carbocycles. The number of nitrogens with zero attached hydrogens (tertiary/aromatic N) is 4. The number of halogens is 18. The predicted octanol–water partition coefficient (Wildman–Crippen LogP) is 12.7. The zero-order valence-corrected chi connectivity index (χ0v) is 64.5. The van der Waals surface area contributed by atoms with Crippen LogP contribution >= 0.6 is 27.0 Å². The Morgan fingerprint density at radius 3 is 1.07 bits per heavy atom. The number of esters is 1. The number of aliphatic carboxylic acids is 1. The van der Waals surface area contributed by atoms with Gasteiger partial charge in [0.1, 0.15) is 46.7 Å². The van der Waals surface area contributed by atoms with E-state index in [1.54, 1.807) is 0 Å². The van der Waals surface area contributed by atoms with Gasteiger partial charge in [-0.15, -0.1) is 0 Å². The van der Waals surface area contributed by atoms with E-state index in [1.807, 2.05) is 9.80 Å². The van der Waals surface area contributed by atoms with Gasteiger partial charge in [-0.25, -0.2) is 26.3 Å². The fourth-order valence-corrected chi connectivity index (χ4v) is 13.1. The number of rotatable bonds is 25. The van der Waals surface area contributed by atoms with E-state index in [1.165, 1.54) is 48.5 Å². The number of carbonyl (C=O) groups is 4. The Kier molecular flexibility index (Phi) is 35.0. The normalized spacial score (nSPS) is 14.5. The fraction of sp³-hybridized carbons (Fsp3) is 0.486. The average molecular weight is 1630 g/mol. The molecule has 2 aliphatic heterocycles. The molecule has 6 N–H and O–H groups in total. The van der Waals surface area contributed by atoms with E-state index in [-0.39, 0.29) is 157 Å². The first-order valence-electron chi connectivity index (χ1n) is 33.6. The first-order chi connectivity index (χ1) is 48.8. The Morgan fingerprint density at radius 2 is 0.811 bits per heavy atom. The summed E-state index contributed by atoms with van der Waals surface area (Å²) in [5.41, 5.74) is -15.5. The maximum Gasteiger partial charge on any atom is 1.00 e. The molecule has 0 saturated carbocycles. The van der Waals surface area contributed by atoms with Crippen LogP contribution in [0.4, 0.5) is 79.0 Å². The number of hydrogen-bond donors (Lipinski definition) is 3. The van der Waals surface area contributed by atoms with Crippen molar-refractivity contribution in [1.82, 2.24) is 29.6 Å². The number of pyridine rings is 2.